The summed E-state index contributed by atoms with van der Waals surface area (Å²) < 4.78 is 43.3. The second kappa shape index (κ2) is 6.58. The van der Waals surface area contributed by atoms with Crippen LogP contribution in [0.5, 0.6) is 5.75 Å². The fraction of sp³-hybridized carbons (Fsp3) is 0.562. The van der Waals surface area contributed by atoms with E-state index in [1.807, 2.05) is 0 Å². The van der Waals surface area contributed by atoms with Crippen molar-refractivity contribution in [3.63, 3.8) is 0 Å². The highest BCUT2D eigenvalue weighted by Gasteiger charge is 2.33. The molecule has 0 aromatic heterocycles. The lowest BCUT2D eigenvalue weighted by Gasteiger charge is -2.28. The van der Waals surface area contributed by atoms with Crippen LogP contribution in [-0.4, -0.2) is 17.7 Å². The van der Waals surface area contributed by atoms with E-state index in [-0.39, 0.29) is 23.6 Å². The summed E-state index contributed by atoms with van der Waals surface area (Å²) >= 11 is 0. The minimum absolute atomic E-state index is 0.118. The SMILES string of the molecule is CCOC(=O)C1CCC(c2cc(C(F)(F)F)ccc2O)CC1. The van der Waals surface area contributed by atoms with Crippen LogP contribution >= 0.6 is 0 Å². The second-order valence-corrected chi connectivity index (χ2v) is 5.57. The highest BCUT2D eigenvalue weighted by atomic mass is 19.4. The molecule has 0 amide bonds. The molecule has 22 heavy (non-hydrogen) atoms. The highest BCUT2D eigenvalue weighted by molar-refractivity contribution is 5.72. The number of hydrogen-bond acceptors (Lipinski definition) is 3. The van der Waals surface area contributed by atoms with E-state index in [0.29, 0.717) is 37.9 Å². The number of ether oxygens (including phenoxy) is 1. The van der Waals surface area contributed by atoms with Crippen molar-refractivity contribution in [3.8, 4) is 5.75 Å². The lowest BCUT2D eigenvalue weighted by atomic mass is 9.78. The lowest BCUT2D eigenvalue weighted by molar-refractivity contribution is -0.149. The maximum absolute atomic E-state index is 12.8. The van der Waals surface area contributed by atoms with Crippen LogP contribution in [0.1, 0.15) is 49.7 Å². The number of hydrogen-bond donors (Lipinski definition) is 1. The summed E-state index contributed by atoms with van der Waals surface area (Å²) in [5.74, 6) is -0.709. The molecule has 0 bridgehead atoms. The van der Waals surface area contributed by atoms with E-state index in [1.165, 1.54) is 0 Å². The number of alkyl halides is 3. The number of rotatable bonds is 3. The van der Waals surface area contributed by atoms with Crippen molar-refractivity contribution >= 4 is 5.97 Å². The van der Waals surface area contributed by atoms with Gasteiger partial charge in [0.05, 0.1) is 18.1 Å². The van der Waals surface area contributed by atoms with Gasteiger partial charge in [-0.15, -0.1) is 0 Å². The number of benzene rings is 1. The Morgan fingerprint density at radius 3 is 2.45 bits per heavy atom. The summed E-state index contributed by atoms with van der Waals surface area (Å²) in [5, 5.41) is 9.85. The average Bonchev–Trinajstić information content (AvgIpc) is 2.47. The Labute approximate surface area is 127 Å². The van der Waals surface area contributed by atoms with Gasteiger partial charge < -0.3 is 9.84 Å². The van der Waals surface area contributed by atoms with Gasteiger partial charge in [0.1, 0.15) is 5.75 Å². The molecule has 1 aliphatic rings. The number of phenolic OH excluding ortho intramolecular Hbond substituents is 1. The first-order chi connectivity index (χ1) is 10.3. The minimum atomic E-state index is -4.43. The molecule has 0 aliphatic heterocycles. The Kier molecular flexibility index (Phi) is 4.98. The molecule has 1 aromatic rings. The summed E-state index contributed by atoms with van der Waals surface area (Å²) in [6.45, 7) is 2.07. The van der Waals surface area contributed by atoms with Gasteiger partial charge >= 0.3 is 12.1 Å². The van der Waals surface area contributed by atoms with E-state index in [9.17, 15) is 23.1 Å². The predicted octanol–water partition coefficient (Wildman–Crippen LogP) is 4.25. The Bertz CT molecular complexity index is 532. The molecule has 1 N–H and O–H groups in total. The van der Waals surface area contributed by atoms with Crippen LogP contribution < -0.4 is 0 Å². The summed E-state index contributed by atoms with van der Waals surface area (Å²) in [4.78, 5) is 11.7. The molecule has 0 spiro atoms. The monoisotopic (exact) mass is 316 g/mol. The minimum Gasteiger partial charge on any atom is -0.508 e. The zero-order valence-electron chi connectivity index (χ0n) is 12.3. The third kappa shape index (κ3) is 3.72. The molecule has 6 heteroatoms. The molecular formula is C16H19F3O3. The molecule has 3 nitrogen and oxygen atoms in total. The number of phenols is 1. The molecule has 1 aliphatic carbocycles. The van der Waals surface area contributed by atoms with Gasteiger partial charge in [0.25, 0.3) is 0 Å². The van der Waals surface area contributed by atoms with Crippen LogP contribution in [0.4, 0.5) is 13.2 Å². The molecule has 1 saturated carbocycles. The Morgan fingerprint density at radius 1 is 1.27 bits per heavy atom. The first-order valence-electron chi connectivity index (χ1n) is 7.39. The Hall–Kier alpha value is -1.72. The van der Waals surface area contributed by atoms with E-state index in [1.54, 1.807) is 6.92 Å². The zero-order valence-corrected chi connectivity index (χ0v) is 12.3. The van der Waals surface area contributed by atoms with Crippen molar-refractivity contribution in [2.75, 3.05) is 6.61 Å². The van der Waals surface area contributed by atoms with Crippen LogP contribution in [0.3, 0.4) is 0 Å². The largest absolute Gasteiger partial charge is 0.508 e. The van der Waals surface area contributed by atoms with E-state index in [4.69, 9.17) is 4.74 Å². The van der Waals surface area contributed by atoms with Crippen LogP contribution in [0.2, 0.25) is 0 Å². The van der Waals surface area contributed by atoms with Crippen LogP contribution in [0.25, 0.3) is 0 Å². The van der Waals surface area contributed by atoms with E-state index < -0.39 is 11.7 Å². The van der Waals surface area contributed by atoms with Crippen molar-refractivity contribution in [1.29, 1.82) is 0 Å². The standard InChI is InChI=1S/C16H19F3O3/c1-2-22-15(21)11-5-3-10(4-6-11)13-9-12(16(17,18)19)7-8-14(13)20/h7-11,20H,2-6H2,1H3. The molecule has 0 heterocycles. The molecule has 0 saturated heterocycles. The molecule has 0 radical (unpaired) electrons. The lowest BCUT2D eigenvalue weighted by Crippen LogP contribution is -2.23. The van der Waals surface area contributed by atoms with Gasteiger partial charge in [-0.2, -0.15) is 13.2 Å². The van der Waals surface area contributed by atoms with E-state index in [2.05, 4.69) is 0 Å². The molecule has 1 fully saturated rings. The molecular weight excluding hydrogens is 297 g/mol. The van der Waals surface area contributed by atoms with Crippen molar-refractivity contribution in [2.24, 2.45) is 5.92 Å². The number of esters is 1. The van der Waals surface area contributed by atoms with Crippen molar-refractivity contribution in [2.45, 2.75) is 44.7 Å². The molecule has 2 rings (SSSR count). The van der Waals surface area contributed by atoms with Gasteiger partial charge in [-0.3, -0.25) is 4.79 Å². The van der Waals surface area contributed by atoms with Gasteiger partial charge in [-0.1, -0.05) is 0 Å². The second-order valence-electron chi connectivity index (χ2n) is 5.57. The van der Waals surface area contributed by atoms with Crippen molar-refractivity contribution in [1.82, 2.24) is 0 Å². The normalized spacial score (nSPS) is 22.4. The third-order valence-electron chi connectivity index (χ3n) is 4.14. The molecule has 0 atom stereocenters. The third-order valence-corrected chi connectivity index (χ3v) is 4.14. The summed E-state index contributed by atoms with van der Waals surface area (Å²) in [5.41, 5.74) is -0.440. The van der Waals surface area contributed by atoms with Gasteiger partial charge in [0.15, 0.2) is 0 Å². The number of carbonyl (C=O) groups is 1. The summed E-state index contributed by atoms with van der Waals surface area (Å²) in [6, 6.07) is 2.99. The maximum Gasteiger partial charge on any atom is 0.416 e. The highest BCUT2D eigenvalue weighted by Crippen LogP contribution is 2.41. The predicted molar refractivity (Wildman–Crippen MR) is 74.4 cm³/mol. The molecule has 0 unspecified atom stereocenters. The van der Waals surface area contributed by atoms with Crippen molar-refractivity contribution < 1.29 is 27.8 Å². The van der Waals surface area contributed by atoms with Gasteiger partial charge in [0.2, 0.25) is 0 Å². The van der Waals surface area contributed by atoms with E-state index in [0.717, 1.165) is 18.2 Å². The van der Waals surface area contributed by atoms with Crippen LogP contribution in [0, 0.1) is 5.92 Å². The zero-order chi connectivity index (χ0) is 16.3. The fourth-order valence-electron chi connectivity index (χ4n) is 2.96. The van der Waals surface area contributed by atoms with E-state index >= 15 is 0 Å². The fourth-order valence-corrected chi connectivity index (χ4v) is 2.96. The van der Waals surface area contributed by atoms with Crippen LogP contribution in [0.15, 0.2) is 18.2 Å². The smallest absolute Gasteiger partial charge is 0.416 e. The number of halogens is 3. The van der Waals surface area contributed by atoms with Gasteiger partial charge in [-0.05, 0) is 62.3 Å². The molecule has 1 aromatic carbocycles. The summed E-state index contributed by atoms with van der Waals surface area (Å²) in [7, 11) is 0. The average molecular weight is 316 g/mol. The molecule has 122 valence electrons. The summed E-state index contributed by atoms with van der Waals surface area (Å²) in [6.07, 6.45) is -2.15. The Balaban J connectivity index is 2.09. The number of aromatic hydroxyl groups is 1. The topological polar surface area (TPSA) is 46.5 Å². The quantitative estimate of drug-likeness (QED) is 0.848. The number of carbonyl (C=O) groups excluding carboxylic acids is 1. The Morgan fingerprint density at radius 2 is 1.91 bits per heavy atom. The van der Waals surface area contributed by atoms with Crippen molar-refractivity contribution in [3.05, 3.63) is 29.3 Å². The maximum atomic E-state index is 12.8. The van der Waals surface area contributed by atoms with Gasteiger partial charge in [0, 0.05) is 0 Å². The van der Waals surface area contributed by atoms with Crippen LogP contribution in [-0.2, 0) is 15.7 Å². The first-order valence-corrected chi connectivity index (χ1v) is 7.39. The first kappa shape index (κ1) is 16.6. The van der Waals surface area contributed by atoms with Gasteiger partial charge in [-0.25, -0.2) is 0 Å².